The van der Waals surface area contributed by atoms with Crippen LogP contribution in [0.3, 0.4) is 0 Å². The van der Waals surface area contributed by atoms with Crippen molar-refractivity contribution in [1.29, 1.82) is 0 Å². The van der Waals surface area contributed by atoms with Crippen LogP contribution in [-0.2, 0) is 10.0 Å². The predicted octanol–water partition coefficient (Wildman–Crippen LogP) is 1.58. The molecule has 1 fully saturated rings. The Kier molecular flexibility index (Phi) is 3.01. The molecule has 1 N–H and O–H groups in total. The van der Waals surface area contributed by atoms with Crippen LogP contribution in [0.25, 0.3) is 0 Å². The SMILES string of the molecule is O=C(O)c1ccc(Cl)c(N2CCCS2(=O)=O)c1. The second-order valence-corrected chi connectivity index (χ2v) is 6.13. The monoisotopic (exact) mass is 275 g/mol. The average molecular weight is 276 g/mol. The van der Waals surface area contributed by atoms with Crippen LogP contribution in [0.15, 0.2) is 18.2 Å². The molecule has 0 atom stereocenters. The number of hydrogen-bond acceptors (Lipinski definition) is 3. The summed E-state index contributed by atoms with van der Waals surface area (Å²) in [6, 6.07) is 4.03. The van der Waals surface area contributed by atoms with Gasteiger partial charge in [-0.1, -0.05) is 11.6 Å². The number of anilines is 1. The predicted molar refractivity (Wildman–Crippen MR) is 64.2 cm³/mol. The van der Waals surface area contributed by atoms with Crippen molar-refractivity contribution in [3.8, 4) is 0 Å². The molecule has 0 unspecified atom stereocenters. The van der Waals surface area contributed by atoms with Gasteiger partial charge in [0.2, 0.25) is 10.0 Å². The Bertz CT molecular complexity index is 570. The van der Waals surface area contributed by atoms with Crippen molar-refractivity contribution >= 4 is 33.3 Å². The summed E-state index contributed by atoms with van der Waals surface area (Å²) in [7, 11) is -3.35. The van der Waals surface area contributed by atoms with Crippen LogP contribution < -0.4 is 4.31 Å². The minimum atomic E-state index is -3.35. The Labute approximate surface area is 104 Å². The molecular formula is C10H10ClNO4S. The Balaban J connectivity index is 2.51. The molecule has 0 aliphatic carbocycles. The molecule has 0 radical (unpaired) electrons. The third-order valence-corrected chi connectivity index (χ3v) is 4.74. The van der Waals surface area contributed by atoms with Crippen LogP contribution >= 0.6 is 11.6 Å². The van der Waals surface area contributed by atoms with Crippen LogP contribution in [0.5, 0.6) is 0 Å². The molecule has 1 heterocycles. The first kappa shape index (κ1) is 12.2. The van der Waals surface area contributed by atoms with Crippen LogP contribution in [0.4, 0.5) is 5.69 Å². The zero-order chi connectivity index (χ0) is 12.6. The van der Waals surface area contributed by atoms with Crippen LogP contribution in [0, 0.1) is 0 Å². The largest absolute Gasteiger partial charge is 0.478 e. The number of carbonyl (C=O) groups is 1. The van der Waals surface area contributed by atoms with Crippen molar-refractivity contribution in [2.45, 2.75) is 6.42 Å². The number of hydrogen-bond donors (Lipinski definition) is 1. The highest BCUT2D eigenvalue weighted by Gasteiger charge is 2.30. The Morgan fingerprint density at radius 2 is 2.12 bits per heavy atom. The van der Waals surface area contributed by atoms with Gasteiger partial charge in [0.25, 0.3) is 0 Å². The molecule has 1 saturated heterocycles. The van der Waals surface area contributed by atoms with Gasteiger partial charge in [0, 0.05) is 6.54 Å². The van der Waals surface area contributed by atoms with E-state index in [-0.39, 0.29) is 22.0 Å². The van der Waals surface area contributed by atoms with E-state index in [1.165, 1.54) is 22.5 Å². The lowest BCUT2D eigenvalue weighted by Gasteiger charge is -2.18. The second-order valence-electron chi connectivity index (χ2n) is 3.71. The van der Waals surface area contributed by atoms with Gasteiger partial charge in [-0.25, -0.2) is 13.2 Å². The Morgan fingerprint density at radius 1 is 1.41 bits per heavy atom. The zero-order valence-corrected chi connectivity index (χ0v) is 10.3. The van der Waals surface area contributed by atoms with Gasteiger partial charge < -0.3 is 5.11 Å². The van der Waals surface area contributed by atoms with Crippen molar-refractivity contribution in [3.63, 3.8) is 0 Å². The molecule has 1 aliphatic heterocycles. The van der Waals surface area contributed by atoms with Crippen molar-refractivity contribution in [1.82, 2.24) is 0 Å². The minimum Gasteiger partial charge on any atom is -0.478 e. The average Bonchev–Trinajstić information content (AvgIpc) is 2.58. The zero-order valence-electron chi connectivity index (χ0n) is 8.76. The second kappa shape index (κ2) is 4.19. The standard InChI is InChI=1S/C10H10ClNO4S/c11-8-3-2-7(10(13)14)6-9(8)12-4-1-5-17(12,15)16/h2-3,6H,1,4-5H2,(H,13,14). The van der Waals surface area contributed by atoms with Gasteiger partial charge >= 0.3 is 5.97 Å². The summed E-state index contributed by atoms with van der Waals surface area (Å²) in [6.45, 7) is 0.338. The quantitative estimate of drug-likeness (QED) is 0.889. The summed E-state index contributed by atoms with van der Waals surface area (Å²) in [6.07, 6.45) is 0.524. The molecule has 92 valence electrons. The summed E-state index contributed by atoms with van der Waals surface area (Å²) in [5.74, 6) is -1.04. The molecule has 0 spiro atoms. The van der Waals surface area contributed by atoms with E-state index in [4.69, 9.17) is 16.7 Å². The van der Waals surface area contributed by atoms with Crippen molar-refractivity contribution in [2.24, 2.45) is 0 Å². The van der Waals surface area contributed by atoms with E-state index < -0.39 is 16.0 Å². The third kappa shape index (κ3) is 2.23. The van der Waals surface area contributed by atoms with Gasteiger partial charge in [-0.2, -0.15) is 0 Å². The highest BCUT2D eigenvalue weighted by atomic mass is 35.5. The maximum absolute atomic E-state index is 11.7. The molecule has 1 aromatic carbocycles. The van der Waals surface area contributed by atoms with Crippen LogP contribution in [0.2, 0.25) is 5.02 Å². The lowest BCUT2D eigenvalue weighted by Crippen LogP contribution is -2.25. The Morgan fingerprint density at radius 3 is 2.65 bits per heavy atom. The topological polar surface area (TPSA) is 74.7 Å². The summed E-state index contributed by atoms with van der Waals surface area (Å²) in [4.78, 5) is 10.8. The number of halogens is 1. The molecule has 17 heavy (non-hydrogen) atoms. The number of carboxylic acids is 1. The van der Waals surface area contributed by atoms with Crippen molar-refractivity contribution < 1.29 is 18.3 Å². The number of carboxylic acid groups (broad SMARTS) is 1. The summed E-state index contributed by atoms with van der Waals surface area (Å²) < 4.78 is 24.6. The molecule has 1 aromatic rings. The Hall–Kier alpha value is -1.27. The van der Waals surface area contributed by atoms with E-state index in [0.29, 0.717) is 13.0 Å². The van der Waals surface area contributed by atoms with Gasteiger partial charge in [-0.05, 0) is 24.6 Å². The summed E-state index contributed by atoms with van der Waals surface area (Å²) in [5.41, 5.74) is 0.260. The molecule has 1 aliphatic rings. The number of benzene rings is 1. The molecular weight excluding hydrogens is 266 g/mol. The molecule has 7 heteroatoms. The molecule has 0 amide bonds. The molecule has 0 saturated carbocycles. The van der Waals surface area contributed by atoms with Gasteiger partial charge in [0.15, 0.2) is 0 Å². The first-order chi connectivity index (χ1) is 7.92. The molecule has 2 rings (SSSR count). The number of rotatable bonds is 2. The van der Waals surface area contributed by atoms with Crippen LogP contribution in [0.1, 0.15) is 16.8 Å². The fourth-order valence-corrected chi connectivity index (χ4v) is 3.59. The smallest absolute Gasteiger partial charge is 0.335 e. The third-order valence-electron chi connectivity index (χ3n) is 2.56. The first-order valence-electron chi connectivity index (χ1n) is 4.95. The van der Waals surface area contributed by atoms with E-state index in [9.17, 15) is 13.2 Å². The van der Waals surface area contributed by atoms with E-state index >= 15 is 0 Å². The molecule has 0 bridgehead atoms. The molecule has 0 aromatic heterocycles. The van der Waals surface area contributed by atoms with Gasteiger partial charge in [0.1, 0.15) is 0 Å². The fourth-order valence-electron chi connectivity index (χ4n) is 1.75. The molecule has 5 nitrogen and oxygen atoms in total. The fraction of sp³-hybridized carbons (Fsp3) is 0.300. The van der Waals surface area contributed by atoms with E-state index in [1.54, 1.807) is 0 Å². The van der Waals surface area contributed by atoms with E-state index in [0.717, 1.165) is 0 Å². The van der Waals surface area contributed by atoms with E-state index in [2.05, 4.69) is 0 Å². The lowest BCUT2D eigenvalue weighted by atomic mass is 10.2. The van der Waals surface area contributed by atoms with Crippen molar-refractivity contribution in [3.05, 3.63) is 28.8 Å². The first-order valence-corrected chi connectivity index (χ1v) is 6.94. The maximum Gasteiger partial charge on any atom is 0.335 e. The number of aromatic carboxylic acids is 1. The van der Waals surface area contributed by atoms with Gasteiger partial charge in [0.05, 0.1) is 22.0 Å². The van der Waals surface area contributed by atoms with E-state index in [1.807, 2.05) is 0 Å². The number of nitrogens with zero attached hydrogens (tertiary/aromatic N) is 1. The van der Waals surface area contributed by atoms with Crippen LogP contribution in [-0.4, -0.2) is 31.8 Å². The highest BCUT2D eigenvalue weighted by molar-refractivity contribution is 7.93. The summed E-state index contributed by atoms with van der Waals surface area (Å²) >= 11 is 5.91. The lowest BCUT2D eigenvalue weighted by molar-refractivity contribution is 0.0697. The summed E-state index contributed by atoms with van der Waals surface area (Å²) in [5, 5.41) is 9.10. The minimum absolute atomic E-state index is 0.0199. The highest BCUT2D eigenvalue weighted by Crippen LogP contribution is 2.31. The van der Waals surface area contributed by atoms with Gasteiger partial charge in [-0.3, -0.25) is 4.31 Å². The number of sulfonamides is 1. The van der Waals surface area contributed by atoms with Gasteiger partial charge in [-0.15, -0.1) is 0 Å². The normalized spacial score (nSPS) is 18.3. The maximum atomic E-state index is 11.7. The van der Waals surface area contributed by atoms with Crippen molar-refractivity contribution in [2.75, 3.05) is 16.6 Å².